The summed E-state index contributed by atoms with van der Waals surface area (Å²) in [5.74, 6) is 1.24. The third-order valence-electron chi connectivity index (χ3n) is 6.12. The number of nitriles is 2. The third-order valence-corrected chi connectivity index (χ3v) is 7.28. The molecule has 0 radical (unpaired) electrons. The first-order valence-electron chi connectivity index (χ1n) is 10.5. The van der Waals surface area contributed by atoms with Crippen LogP contribution < -0.4 is 4.74 Å². The zero-order valence-electron chi connectivity index (χ0n) is 18.1. The van der Waals surface area contributed by atoms with Crippen molar-refractivity contribution in [2.45, 2.75) is 40.0 Å². The minimum absolute atomic E-state index is 0.0237. The first-order valence-corrected chi connectivity index (χ1v) is 11.3. The van der Waals surface area contributed by atoms with Gasteiger partial charge in [-0.25, -0.2) is 4.99 Å². The fraction of sp³-hybridized carbons (Fsp3) is 0.346. The van der Waals surface area contributed by atoms with Crippen molar-refractivity contribution in [2.75, 3.05) is 6.61 Å². The summed E-state index contributed by atoms with van der Waals surface area (Å²) < 4.78 is 5.66. The van der Waals surface area contributed by atoms with Crippen molar-refractivity contribution >= 4 is 33.3 Å². The molecule has 1 heterocycles. The Hall–Kier alpha value is -3.15. The Labute approximate surface area is 187 Å². The van der Waals surface area contributed by atoms with Gasteiger partial charge in [0.1, 0.15) is 22.9 Å². The van der Waals surface area contributed by atoms with Gasteiger partial charge < -0.3 is 4.74 Å². The second-order valence-corrected chi connectivity index (χ2v) is 10.1. The van der Waals surface area contributed by atoms with Gasteiger partial charge in [0.25, 0.3) is 0 Å². The lowest BCUT2D eigenvalue weighted by Gasteiger charge is -2.33. The molecule has 3 aromatic rings. The molecular formula is C26H25N3OS. The Balaban J connectivity index is 1.75. The minimum Gasteiger partial charge on any atom is -0.478 e. The maximum absolute atomic E-state index is 9.85. The molecule has 4 rings (SSSR count). The number of rotatable bonds is 4. The molecule has 0 saturated heterocycles. The van der Waals surface area contributed by atoms with E-state index in [2.05, 4.69) is 26.8 Å². The van der Waals surface area contributed by atoms with Crippen LogP contribution in [-0.2, 0) is 12.8 Å². The van der Waals surface area contributed by atoms with Crippen LogP contribution in [0.15, 0.2) is 41.4 Å². The Bertz CT molecular complexity index is 1230. The number of ether oxygens (including phenoxy) is 1. The molecule has 1 aromatic heterocycles. The fourth-order valence-electron chi connectivity index (χ4n) is 4.28. The van der Waals surface area contributed by atoms with Crippen LogP contribution >= 0.6 is 11.3 Å². The molecule has 1 aliphatic carbocycles. The van der Waals surface area contributed by atoms with Crippen molar-refractivity contribution in [3.8, 4) is 17.9 Å². The summed E-state index contributed by atoms with van der Waals surface area (Å²) in [7, 11) is 0. The van der Waals surface area contributed by atoms with E-state index < -0.39 is 0 Å². The number of benzene rings is 2. The molecule has 156 valence electrons. The average molecular weight is 428 g/mol. The molecule has 0 fully saturated rings. The second kappa shape index (κ2) is 8.53. The number of hydrogen-bond acceptors (Lipinski definition) is 5. The van der Waals surface area contributed by atoms with Gasteiger partial charge in [-0.15, -0.1) is 11.3 Å². The molecule has 31 heavy (non-hydrogen) atoms. The van der Waals surface area contributed by atoms with E-state index in [1.54, 1.807) is 17.6 Å². The molecule has 2 aromatic carbocycles. The lowest BCUT2D eigenvalue weighted by atomic mass is 9.72. The van der Waals surface area contributed by atoms with Crippen molar-refractivity contribution in [3.63, 3.8) is 0 Å². The third kappa shape index (κ3) is 4.20. The van der Waals surface area contributed by atoms with Gasteiger partial charge in [0.05, 0.1) is 5.56 Å². The second-order valence-electron chi connectivity index (χ2n) is 9.00. The van der Waals surface area contributed by atoms with Gasteiger partial charge in [-0.05, 0) is 53.0 Å². The summed E-state index contributed by atoms with van der Waals surface area (Å²) in [5, 5.41) is 21.6. The summed E-state index contributed by atoms with van der Waals surface area (Å²) >= 11 is 1.64. The van der Waals surface area contributed by atoms with Crippen LogP contribution in [0.3, 0.4) is 0 Å². The molecule has 0 saturated carbocycles. The smallest absolute Gasteiger partial charge is 0.174 e. The highest BCUT2D eigenvalue weighted by Gasteiger charge is 2.32. The molecule has 1 atom stereocenters. The normalized spacial score (nSPS) is 16.1. The molecule has 5 heteroatoms. The quantitative estimate of drug-likeness (QED) is 0.442. The van der Waals surface area contributed by atoms with Crippen molar-refractivity contribution in [2.24, 2.45) is 16.3 Å². The standard InChI is InChI=1S/C26H25N3OS/c1-26(2,3)18-9-10-20-21(15-28)25(31-24(20)14-18)29-16-22-19-7-5-4-6-17(19)8-11-23(22)30-13-12-27/h4-8,11,16,18H,9-10,13-14H2,1-3H3/t18-/m1/s1. The first-order chi connectivity index (χ1) is 14.9. The van der Waals surface area contributed by atoms with Gasteiger partial charge in [-0.2, -0.15) is 10.5 Å². The molecule has 0 spiro atoms. The van der Waals surface area contributed by atoms with Gasteiger partial charge >= 0.3 is 0 Å². The van der Waals surface area contributed by atoms with Crippen LogP contribution in [0.2, 0.25) is 0 Å². The maximum Gasteiger partial charge on any atom is 0.174 e. The highest BCUT2D eigenvalue weighted by molar-refractivity contribution is 7.16. The van der Waals surface area contributed by atoms with Crippen LogP contribution in [0.4, 0.5) is 5.00 Å². The molecule has 0 unspecified atom stereocenters. The van der Waals surface area contributed by atoms with Crippen LogP contribution in [0, 0.1) is 34.0 Å². The van der Waals surface area contributed by atoms with Gasteiger partial charge in [-0.1, -0.05) is 51.1 Å². The predicted molar refractivity (Wildman–Crippen MR) is 126 cm³/mol. The Kier molecular flexibility index (Phi) is 5.81. The molecule has 0 bridgehead atoms. The van der Waals surface area contributed by atoms with Crippen molar-refractivity contribution in [1.82, 2.24) is 0 Å². The lowest BCUT2D eigenvalue weighted by molar-refractivity contribution is 0.218. The zero-order valence-corrected chi connectivity index (χ0v) is 18.9. The van der Waals surface area contributed by atoms with E-state index >= 15 is 0 Å². The predicted octanol–water partition coefficient (Wildman–Crippen LogP) is 6.58. The molecule has 0 N–H and O–H groups in total. The number of fused-ring (bicyclic) bond motifs is 2. The van der Waals surface area contributed by atoms with E-state index in [1.807, 2.05) is 42.5 Å². The van der Waals surface area contributed by atoms with Crippen LogP contribution in [0.1, 0.15) is 48.8 Å². The Morgan fingerprint density at radius 1 is 1.19 bits per heavy atom. The topological polar surface area (TPSA) is 69.2 Å². The van der Waals surface area contributed by atoms with Crippen molar-refractivity contribution in [1.29, 1.82) is 10.5 Å². The zero-order chi connectivity index (χ0) is 22.0. The van der Waals surface area contributed by atoms with Crippen LogP contribution in [0.25, 0.3) is 10.8 Å². The summed E-state index contributed by atoms with van der Waals surface area (Å²) in [4.78, 5) is 6.07. The largest absolute Gasteiger partial charge is 0.478 e. The summed E-state index contributed by atoms with van der Waals surface area (Å²) in [5.41, 5.74) is 2.98. The highest BCUT2D eigenvalue weighted by atomic mass is 32.1. The minimum atomic E-state index is -0.0237. The van der Waals surface area contributed by atoms with Crippen LogP contribution in [0.5, 0.6) is 5.75 Å². The highest BCUT2D eigenvalue weighted by Crippen LogP contribution is 2.45. The Morgan fingerprint density at radius 2 is 2.00 bits per heavy atom. The SMILES string of the molecule is CC(C)(C)[C@@H]1CCc2c(sc(N=Cc3c(OCC#N)ccc4ccccc34)c2C#N)C1. The van der Waals surface area contributed by atoms with E-state index in [-0.39, 0.29) is 12.0 Å². The number of thiophene rings is 1. The monoisotopic (exact) mass is 427 g/mol. The molecule has 4 nitrogen and oxygen atoms in total. The average Bonchev–Trinajstić information content (AvgIpc) is 3.12. The van der Waals surface area contributed by atoms with E-state index in [4.69, 9.17) is 15.0 Å². The Morgan fingerprint density at radius 3 is 2.74 bits per heavy atom. The summed E-state index contributed by atoms with van der Waals surface area (Å²) in [6.07, 6.45) is 4.85. The number of aliphatic imine (C=N–C) groups is 1. The molecule has 0 amide bonds. The van der Waals surface area contributed by atoms with E-state index in [9.17, 15) is 5.26 Å². The van der Waals surface area contributed by atoms with Crippen molar-refractivity contribution < 1.29 is 4.74 Å². The van der Waals surface area contributed by atoms with Gasteiger partial charge in [0, 0.05) is 16.7 Å². The summed E-state index contributed by atoms with van der Waals surface area (Å²) in [6.45, 7) is 6.86. The summed E-state index contributed by atoms with van der Waals surface area (Å²) in [6, 6.07) is 16.3. The lowest BCUT2D eigenvalue weighted by Crippen LogP contribution is -2.26. The first kappa shape index (κ1) is 21.1. The maximum atomic E-state index is 9.85. The number of hydrogen-bond donors (Lipinski definition) is 0. The fourth-order valence-corrected chi connectivity index (χ4v) is 5.51. The van der Waals surface area contributed by atoms with Gasteiger partial charge in [0.15, 0.2) is 6.61 Å². The van der Waals surface area contributed by atoms with E-state index in [1.165, 1.54) is 10.4 Å². The van der Waals surface area contributed by atoms with Gasteiger partial charge in [-0.3, -0.25) is 0 Å². The van der Waals surface area contributed by atoms with Gasteiger partial charge in [0.2, 0.25) is 0 Å². The molecule has 0 aliphatic heterocycles. The molecular weight excluding hydrogens is 402 g/mol. The number of nitrogens with zero attached hydrogens (tertiary/aromatic N) is 3. The van der Waals surface area contributed by atoms with Crippen LogP contribution in [-0.4, -0.2) is 12.8 Å². The van der Waals surface area contributed by atoms with E-state index in [0.29, 0.717) is 17.2 Å². The van der Waals surface area contributed by atoms with E-state index in [0.717, 1.165) is 40.6 Å². The van der Waals surface area contributed by atoms with Crippen molar-refractivity contribution in [3.05, 3.63) is 58.0 Å². The molecule has 1 aliphatic rings.